The Labute approximate surface area is 157 Å². The van der Waals surface area contributed by atoms with E-state index in [9.17, 15) is 19.8 Å². The van der Waals surface area contributed by atoms with Gasteiger partial charge < -0.3 is 20.1 Å². The molecule has 0 bridgehead atoms. The summed E-state index contributed by atoms with van der Waals surface area (Å²) in [5.74, 6) is -2.79. The van der Waals surface area contributed by atoms with Crippen LogP contribution < -0.4 is 0 Å². The number of carboxylic acid groups (broad SMARTS) is 1. The molecule has 154 valence electrons. The molecule has 0 aromatic rings. The van der Waals surface area contributed by atoms with Gasteiger partial charge in [0.15, 0.2) is 11.2 Å². The molecule has 0 spiro atoms. The number of hydrogen-bond donors (Lipinski definition) is 3. The normalized spacial score (nSPS) is 15.9. The maximum absolute atomic E-state index is 11.8. The van der Waals surface area contributed by atoms with Crippen LogP contribution in [0.5, 0.6) is 0 Å². The number of esters is 1. The molecule has 6 nitrogen and oxygen atoms in total. The first-order valence-electron chi connectivity index (χ1n) is 10.0. The lowest BCUT2D eigenvalue weighted by Gasteiger charge is -2.32. The molecule has 0 rings (SSSR count). The van der Waals surface area contributed by atoms with Gasteiger partial charge >= 0.3 is 11.9 Å². The fourth-order valence-electron chi connectivity index (χ4n) is 2.66. The largest absolute Gasteiger partial charge is 0.479 e. The summed E-state index contributed by atoms with van der Waals surface area (Å²) in [4.78, 5) is 22.8. The molecular weight excluding hydrogens is 336 g/mol. The summed E-state index contributed by atoms with van der Waals surface area (Å²) >= 11 is 0. The highest BCUT2D eigenvalue weighted by Crippen LogP contribution is 2.24. The zero-order chi connectivity index (χ0) is 20.1. The van der Waals surface area contributed by atoms with Crippen molar-refractivity contribution in [2.24, 2.45) is 0 Å². The van der Waals surface area contributed by atoms with Crippen molar-refractivity contribution in [1.29, 1.82) is 0 Å². The first-order valence-corrected chi connectivity index (χ1v) is 10.0. The molecule has 0 aliphatic carbocycles. The van der Waals surface area contributed by atoms with Crippen molar-refractivity contribution in [1.82, 2.24) is 0 Å². The number of hydrogen-bond acceptors (Lipinski definition) is 5. The number of ether oxygens (including phenoxy) is 1. The summed E-state index contributed by atoms with van der Waals surface area (Å²) < 4.78 is 4.92. The molecule has 0 aromatic carbocycles. The molecule has 0 aliphatic heterocycles. The average Bonchev–Trinajstić information content (AvgIpc) is 2.58. The van der Waals surface area contributed by atoms with Crippen LogP contribution in [0.15, 0.2) is 0 Å². The van der Waals surface area contributed by atoms with Gasteiger partial charge in [-0.1, -0.05) is 77.6 Å². The predicted molar refractivity (Wildman–Crippen MR) is 101 cm³/mol. The van der Waals surface area contributed by atoms with Gasteiger partial charge in [0.05, 0.1) is 6.61 Å². The summed E-state index contributed by atoms with van der Waals surface area (Å²) in [6.45, 7) is 4.16. The second-order valence-corrected chi connectivity index (χ2v) is 7.47. The van der Waals surface area contributed by atoms with Crippen LogP contribution in [0, 0.1) is 0 Å². The van der Waals surface area contributed by atoms with Crippen LogP contribution in [-0.4, -0.2) is 45.1 Å². The summed E-state index contributed by atoms with van der Waals surface area (Å²) in [6.07, 6.45) is 14.3. The third kappa shape index (κ3) is 8.99. The van der Waals surface area contributed by atoms with Crippen molar-refractivity contribution in [3.8, 4) is 0 Å². The lowest BCUT2D eigenvalue weighted by Crippen LogP contribution is -2.60. The Morgan fingerprint density at radius 1 is 0.731 bits per heavy atom. The van der Waals surface area contributed by atoms with E-state index in [-0.39, 0.29) is 6.61 Å². The molecule has 0 heterocycles. The third-order valence-corrected chi connectivity index (χ3v) is 4.99. The smallest absolute Gasteiger partial charge is 0.341 e. The topological polar surface area (TPSA) is 104 Å². The Balaban J connectivity index is 3.66. The molecule has 6 heteroatoms. The number of aliphatic hydroxyl groups is 2. The SMILES string of the molecule is CCCCCCCCCCCCCCOC(=O)C(C)(O)C(C)(O)C(=O)O. The third-order valence-electron chi connectivity index (χ3n) is 4.99. The van der Waals surface area contributed by atoms with Crippen LogP contribution in [0.2, 0.25) is 0 Å². The molecule has 3 N–H and O–H groups in total. The zero-order valence-corrected chi connectivity index (χ0v) is 16.8. The van der Waals surface area contributed by atoms with Crippen LogP contribution in [-0.2, 0) is 14.3 Å². The molecule has 0 saturated carbocycles. The molecule has 0 aliphatic rings. The molecule has 0 amide bonds. The van der Waals surface area contributed by atoms with Gasteiger partial charge in [-0.2, -0.15) is 0 Å². The van der Waals surface area contributed by atoms with Crippen LogP contribution in [0.1, 0.15) is 97.8 Å². The predicted octanol–water partition coefficient (Wildman–Crippen LogP) is 3.82. The second kappa shape index (κ2) is 13.1. The van der Waals surface area contributed by atoms with E-state index in [1.807, 2.05) is 0 Å². The average molecular weight is 375 g/mol. The maximum atomic E-state index is 11.8. The van der Waals surface area contributed by atoms with E-state index < -0.39 is 23.1 Å². The fraction of sp³-hybridized carbons (Fsp3) is 0.900. The van der Waals surface area contributed by atoms with E-state index in [4.69, 9.17) is 9.84 Å². The summed E-state index contributed by atoms with van der Waals surface area (Å²) in [5, 5.41) is 28.6. The number of unbranched alkanes of at least 4 members (excludes halogenated alkanes) is 11. The minimum Gasteiger partial charge on any atom is -0.479 e. The first-order chi connectivity index (χ1) is 12.2. The summed E-state index contributed by atoms with van der Waals surface area (Å²) in [7, 11) is 0. The van der Waals surface area contributed by atoms with E-state index in [0.29, 0.717) is 6.42 Å². The number of carbonyl (C=O) groups is 2. The Morgan fingerprint density at radius 3 is 1.50 bits per heavy atom. The minimum absolute atomic E-state index is 0.113. The lowest BCUT2D eigenvalue weighted by atomic mass is 9.86. The monoisotopic (exact) mass is 374 g/mol. The van der Waals surface area contributed by atoms with Crippen molar-refractivity contribution in [3.63, 3.8) is 0 Å². The van der Waals surface area contributed by atoms with Gasteiger partial charge in [0.25, 0.3) is 0 Å². The quantitative estimate of drug-likeness (QED) is 0.280. The fourth-order valence-corrected chi connectivity index (χ4v) is 2.66. The molecule has 0 saturated heterocycles. The van der Waals surface area contributed by atoms with Gasteiger partial charge in [-0.25, -0.2) is 9.59 Å². The first kappa shape index (κ1) is 24.9. The molecule has 0 aromatic heterocycles. The molecule has 2 atom stereocenters. The Morgan fingerprint density at radius 2 is 1.12 bits per heavy atom. The lowest BCUT2D eigenvalue weighted by molar-refractivity contribution is -0.203. The van der Waals surface area contributed by atoms with E-state index in [1.54, 1.807) is 0 Å². The van der Waals surface area contributed by atoms with E-state index >= 15 is 0 Å². The van der Waals surface area contributed by atoms with Crippen LogP contribution in [0.25, 0.3) is 0 Å². The van der Waals surface area contributed by atoms with Crippen molar-refractivity contribution in [2.75, 3.05) is 6.61 Å². The molecule has 0 radical (unpaired) electrons. The number of aliphatic carboxylic acids is 1. The maximum Gasteiger partial charge on any atom is 0.341 e. The van der Waals surface area contributed by atoms with Crippen LogP contribution in [0.3, 0.4) is 0 Å². The van der Waals surface area contributed by atoms with E-state index in [2.05, 4.69) is 6.92 Å². The molecule has 2 unspecified atom stereocenters. The van der Waals surface area contributed by atoms with Gasteiger partial charge in [-0.15, -0.1) is 0 Å². The second-order valence-electron chi connectivity index (χ2n) is 7.47. The van der Waals surface area contributed by atoms with E-state index in [0.717, 1.165) is 33.1 Å². The van der Waals surface area contributed by atoms with Gasteiger partial charge in [-0.05, 0) is 20.3 Å². The molecular formula is C20H38O6. The standard InChI is InChI=1S/C20H38O6/c1-4-5-6-7-8-9-10-11-12-13-14-15-16-26-18(23)20(3,25)19(2,24)17(21)22/h24-25H,4-16H2,1-3H3,(H,21,22). The van der Waals surface area contributed by atoms with Gasteiger partial charge in [0.1, 0.15) is 0 Å². The number of carbonyl (C=O) groups excluding carboxylic acids is 1. The van der Waals surface area contributed by atoms with Gasteiger partial charge in [-0.3, -0.25) is 0 Å². The highest BCUT2D eigenvalue weighted by molar-refractivity contribution is 5.90. The van der Waals surface area contributed by atoms with Crippen molar-refractivity contribution < 1.29 is 29.6 Å². The van der Waals surface area contributed by atoms with Crippen LogP contribution >= 0.6 is 0 Å². The Bertz CT molecular complexity index is 403. The number of carboxylic acids is 1. The molecule has 0 fully saturated rings. The van der Waals surface area contributed by atoms with Crippen molar-refractivity contribution in [2.45, 2.75) is 109 Å². The van der Waals surface area contributed by atoms with Crippen LogP contribution in [0.4, 0.5) is 0 Å². The van der Waals surface area contributed by atoms with Crippen molar-refractivity contribution >= 4 is 11.9 Å². The molecule has 26 heavy (non-hydrogen) atoms. The summed E-state index contributed by atoms with van der Waals surface area (Å²) in [5.41, 5.74) is -5.09. The minimum atomic E-state index is -2.60. The summed E-state index contributed by atoms with van der Waals surface area (Å²) in [6, 6.07) is 0. The van der Waals surface area contributed by atoms with Gasteiger partial charge in [0.2, 0.25) is 0 Å². The number of rotatable bonds is 16. The highest BCUT2D eigenvalue weighted by atomic mass is 16.6. The van der Waals surface area contributed by atoms with Crippen molar-refractivity contribution in [3.05, 3.63) is 0 Å². The Kier molecular flexibility index (Phi) is 12.5. The Hall–Kier alpha value is -1.14. The highest BCUT2D eigenvalue weighted by Gasteiger charge is 2.54. The van der Waals surface area contributed by atoms with E-state index in [1.165, 1.54) is 51.4 Å². The van der Waals surface area contributed by atoms with Gasteiger partial charge in [0, 0.05) is 0 Å². The zero-order valence-electron chi connectivity index (χ0n) is 16.8.